The number of halogens is 2. The van der Waals surface area contributed by atoms with Crippen molar-refractivity contribution in [2.24, 2.45) is 0 Å². The molecular formula is C10H7Cl2N3O4S2. The largest absolute Gasteiger partial charge is 0.465 e. The highest BCUT2D eigenvalue weighted by molar-refractivity contribution is 7.93. The molecule has 2 rings (SSSR count). The van der Waals surface area contributed by atoms with Crippen molar-refractivity contribution < 1.29 is 17.9 Å². The van der Waals surface area contributed by atoms with Crippen molar-refractivity contribution in [1.82, 2.24) is 9.97 Å². The van der Waals surface area contributed by atoms with Gasteiger partial charge in [0.1, 0.15) is 21.8 Å². The van der Waals surface area contributed by atoms with Gasteiger partial charge in [-0.25, -0.2) is 23.2 Å². The molecule has 2 heterocycles. The van der Waals surface area contributed by atoms with Gasteiger partial charge in [0.15, 0.2) is 10.3 Å². The van der Waals surface area contributed by atoms with Crippen molar-refractivity contribution in [3.05, 3.63) is 33.0 Å². The van der Waals surface area contributed by atoms with E-state index in [1.165, 1.54) is 11.4 Å². The molecule has 0 aliphatic rings. The topological polar surface area (TPSA) is 98.2 Å². The number of thiophene rings is 1. The lowest BCUT2D eigenvalue weighted by atomic mass is 10.5. The van der Waals surface area contributed by atoms with Gasteiger partial charge in [-0.05, 0) is 11.4 Å². The number of aromatic nitrogens is 2. The van der Waals surface area contributed by atoms with Crippen LogP contribution >= 0.6 is 34.5 Å². The SMILES string of the molecule is COC(=O)c1sccc1S(=O)(=O)Nc1c(Cl)ncnc1Cl. The van der Waals surface area contributed by atoms with E-state index in [0.29, 0.717) is 0 Å². The van der Waals surface area contributed by atoms with Gasteiger partial charge in [-0.15, -0.1) is 11.3 Å². The molecule has 0 aliphatic carbocycles. The third-order valence-corrected chi connectivity index (χ3v) is 5.27. The lowest BCUT2D eigenvalue weighted by Crippen LogP contribution is -2.16. The molecule has 0 radical (unpaired) electrons. The van der Waals surface area contributed by atoms with Crippen molar-refractivity contribution in [1.29, 1.82) is 0 Å². The molecule has 0 unspecified atom stereocenters. The number of hydrogen-bond donors (Lipinski definition) is 1. The summed E-state index contributed by atoms with van der Waals surface area (Å²) in [7, 11) is -2.93. The van der Waals surface area contributed by atoms with E-state index in [1.54, 1.807) is 0 Å². The maximum Gasteiger partial charge on any atom is 0.349 e. The molecule has 2 aromatic heterocycles. The molecule has 112 valence electrons. The molecular weight excluding hydrogens is 361 g/mol. The van der Waals surface area contributed by atoms with E-state index in [0.717, 1.165) is 24.8 Å². The van der Waals surface area contributed by atoms with E-state index < -0.39 is 16.0 Å². The van der Waals surface area contributed by atoms with Gasteiger partial charge in [0.05, 0.1) is 7.11 Å². The molecule has 21 heavy (non-hydrogen) atoms. The van der Waals surface area contributed by atoms with E-state index in [4.69, 9.17) is 23.2 Å². The van der Waals surface area contributed by atoms with Crippen LogP contribution in [0.3, 0.4) is 0 Å². The summed E-state index contributed by atoms with van der Waals surface area (Å²) in [5.41, 5.74) is -0.164. The molecule has 0 atom stereocenters. The molecule has 11 heteroatoms. The second-order valence-corrected chi connectivity index (χ2v) is 6.82. The summed E-state index contributed by atoms with van der Waals surface area (Å²) < 4.78 is 31.3. The maximum absolute atomic E-state index is 12.3. The third-order valence-electron chi connectivity index (χ3n) is 2.28. The number of rotatable bonds is 4. The maximum atomic E-state index is 12.3. The van der Waals surface area contributed by atoms with Gasteiger partial charge >= 0.3 is 5.97 Å². The van der Waals surface area contributed by atoms with Crippen LogP contribution in [-0.4, -0.2) is 31.5 Å². The lowest BCUT2D eigenvalue weighted by molar-refractivity contribution is 0.0602. The number of hydrogen-bond acceptors (Lipinski definition) is 7. The average molecular weight is 368 g/mol. The van der Waals surface area contributed by atoms with Gasteiger partial charge in [-0.1, -0.05) is 23.2 Å². The minimum absolute atomic E-state index is 0.0610. The van der Waals surface area contributed by atoms with Gasteiger partial charge in [-0.3, -0.25) is 4.72 Å². The summed E-state index contributed by atoms with van der Waals surface area (Å²) in [6.45, 7) is 0. The van der Waals surface area contributed by atoms with Crippen molar-refractivity contribution >= 4 is 56.2 Å². The summed E-state index contributed by atoms with van der Waals surface area (Å²) in [5, 5.41) is 1.13. The van der Waals surface area contributed by atoms with Crippen LogP contribution in [0.1, 0.15) is 9.67 Å². The van der Waals surface area contributed by atoms with Crippen LogP contribution in [0.25, 0.3) is 0 Å². The second kappa shape index (κ2) is 6.14. The van der Waals surface area contributed by atoms with Gasteiger partial charge in [0.25, 0.3) is 10.0 Å². The zero-order chi connectivity index (χ0) is 15.6. The Bertz CT molecular complexity index is 771. The number of carbonyl (C=O) groups is 1. The molecule has 7 nitrogen and oxygen atoms in total. The monoisotopic (exact) mass is 367 g/mol. The molecule has 0 saturated carbocycles. The first-order valence-corrected chi connectivity index (χ1v) is 8.33. The molecule has 1 N–H and O–H groups in total. The predicted octanol–water partition coefficient (Wildman–Crippen LogP) is 2.43. The Morgan fingerprint density at radius 2 is 1.95 bits per heavy atom. The summed E-state index contributed by atoms with van der Waals surface area (Å²) in [6, 6.07) is 1.27. The lowest BCUT2D eigenvalue weighted by Gasteiger charge is -2.09. The fourth-order valence-corrected chi connectivity index (χ4v) is 4.30. The molecule has 0 saturated heterocycles. The van der Waals surface area contributed by atoms with Gasteiger partial charge < -0.3 is 4.74 Å². The molecule has 0 aromatic carbocycles. The minimum Gasteiger partial charge on any atom is -0.465 e. The Morgan fingerprint density at radius 1 is 1.33 bits per heavy atom. The quantitative estimate of drug-likeness (QED) is 0.658. The summed E-state index contributed by atoms with van der Waals surface area (Å²) in [4.78, 5) is 18.5. The highest BCUT2D eigenvalue weighted by Crippen LogP contribution is 2.30. The highest BCUT2D eigenvalue weighted by atomic mass is 35.5. The first kappa shape index (κ1) is 16.0. The Balaban J connectivity index is 2.45. The summed E-state index contributed by atoms with van der Waals surface area (Å²) in [6.07, 6.45) is 1.09. The van der Waals surface area contributed by atoms with Crippen LogP contribution in [0.5, 0.6) is 0 Å². The first-order chi connectivity index (χ1) is 9.86. The van der Waals surface area contributed by atoms with E-state index in [2.05, 4.69) is 19.4 Å². The van der Waals surface area contributed by atoms with E-state index in [-0.39, 0.29) is 25.8 Å². The highest BCUT2D eigenvalue weighted by Gasteiger charge is 2.26. The van der Waals surface area contributed by atoms with E-state index in [1.807, 2.05) is 0 Å². The van der Waals surface area contributed by atoms with E-state index in [9.17, 15) is 13.2 Å². The van der Waals surface area contributed by atoms with Crippen LogP contribution in [0, 0.1) is 0 Å². The number of sulfonamides is 1. The summed E-state index contributed by atoms with van der Waals surface area (Å²) >= 11 is 12.5. The third kappa shape index (κ3) is 3.26. The van der Waals surface area contributed by atoms with Crippen molar-refractivity contribution in [3.63, 3.8) is 0 Å². The van der Waals surface area contributed by atoms with Crippen molar-refractivity contribution in [3.8, 4) is 0 Å². The van der Waals surface area contributed by atoms with Crippen LogP contribution in [0.2, 0.25) is 10.3 Å². The van der Waals surface area contributed by atoms with Crippen LogP contribution in [-0.2, 0) is 14.8 Å². The molecule has 2 aromatic rings. The number of ether oxygens (including phenoxy) is 1. The number of methoxy groups -OCH3 is 1. The zero-order valence-corrected chi connectivity index (χ0v) is 13.5. The van der Waals surface area contributed by atoms with Gasteiger partial charge in [0, 0.05) is 0 Å². The Morgan fingerprint density at radius 3 is 2.52 bits per heavy atom. The minimum atomic E-state index is -4.09. The number of nitrogens with one attached hydrogen (secondary N) is 1. The predicted molar refractivity (Wildman–Crippen MR) is 78.5 cm³/mol. The number of esters is 1. The number of nitrogens with zero attached hydrogens (tertiary/aromatic N) is 2. The second-order valence-electron chi connectivity index (χ2n) is 3.54. The zero-order valence-electron chi connectivity index (χ0n) is 10.3. The van der Waals surface area contributed by atoms with Gasteiger partial charge in [0.2, 0.25) is 0 Å². The molecule has 0 fully saturated rings. The number of carbonyl (C=O) groups excluding carboxylic acids is 1. The van der Waals surface area contributed by atoms with Crippen molar-refractivity contribution in [2.75, 3.05) is 11.8 Å². The average Bonchev–Trinajstić information content (AvgIpc) is 2.92. The fourth-order valence-electron chi connectivity index (χ4n) is 1.37. The van der Waals surface area contributed by atoms with Gasteiger partial charge in [-0.2, -0.15) is 0 Å². The molecule has 0 aliphatic heterocycles. The smallest absolute Gasteiger partial charge is 0.349 e. The molecule has 0 spiro atoms. The Labute approximate surface area is 133 Å². The fraction of sp³-hybridized carbons (Fsp3) is 0.100. The van der Waals surface area contributed by atoms with Crippen LogP contribution in [0.4, 0.5) is 5.69 Å². The van der Waals surface area contributed by atoms with E-state index >= 15 is 0 Å². The molecule has 0 bridgehead atoms. The first-order valence-electron chi connectivity index (χ1n) is 5.21. The Hall–Kier alpha value is -1.42. The van der Waals surface area contributed by atoms with Crippen LogP contribution in [0.15, 0.2) is 22.7 Å². The number of anilines is 1. The molecule has 0 amide bonds. The Kier molecular flexibility index (Phi) is 4.67. The standard InChI is InChI=1S/C10H7Cl2N3O4S2/c1-19-10(16)7-5(2-3-20-7)21(17,18)15-6-8(11)13-4-14-9(6)12/h2-4,15H,1H3. The summed E-state index contributed by atoms with van der Waals surface area (Å²) in [5.74, 6) is -0.758. The van der Waals surface area contributed by atoms with Crippen molar-refractivity contribution in [2.45, 2.75) is 4.90 Å². The normalized spacial score (nSPS) is 11.2. The van der Waals surface area contributed by atoms with Crippen LogP contribution < -0.4 is 4.72 Å².